The van der Waals surface area contributed by atoms with Crippen molar-refractivity contribution >= 4 is 17.2 Å². The summed E-state index contributed by atoms with van der Waals surface area (Å²) in [7, 11) is 1.85. The Hall–Kier alpha value is -3.49. The highest BCUT2D eigenvalue weighted by atomic mass is 16.5. The second-order valence-corrected chi connectivity index (χ2v) is 10.3. The van der Waals surface area contributed by atoms with Crippen molar-refractivity contribution in [3.63, 3.8) is 0 Å². The number of nitrogens with one attached hydrogen (secondary N) is 1. The Morgan fingerprint density at radius 3 is 2.49 bits per heavy atom. The molecule has 3 aromatic rings. The second-order valence-electron chi connectivity index (χ2n) is 10.3. The first-order valence-electron chi connectivity index (χ1n) is 12.3. The molecule has 1 aliphatic carbocycles. The van der Waals surface area contributed by atoms with E-state index in [1.807, 2.05) is 20.9 Å². The zero-order valence-electron chi connectivity index (χ0n) is 20.8. The van der Waals surface area contributed by atoms with Crippen LogP contribution in [0.25, 0.3) is 0 Å². The maximum atomic E-state index is 11.4. The molecule has 0 radical (unpaired) electrons. The molecule has 0 unspecified atom stereocenters. The summed E-state index contributed by atoms with van der Waals surface area (Å²) in [5, 5.41) is 2.69. The minimum Gasteiger partial charge on any atom is -0.463 e. The number of hydrogen-bond donors (Lipinski definition) is 2. The number of anilines is 1. The molecule has 0 spiro atoms. The van der Waals surface area contributed by atoms with Crippen LogP contribution < -0.4 is 16.2 Å². The van der Waals surface area contributed by atoms with Gasteiger partial charge in [-0.3, -0.25) is 4.68 Å². The van der Waals surface area contributed by atoms with Gasteiger partial charge in [0, 0.05) is 19.0 Å². The molecular weight excluding hydrogens is 442 g/mol. The monoisotopic (exact) mass is 475 g/mol. The largest absolute Gasteiger partial charge is 0.463 e. The lowest BCUT2D eigenvalue weighted by atomic mass is 9.77. The Balaban J connectivity index is 1.25. The van der Waals surface area contributed by atoms with Crippen LogP contribution in [0.3, 0.4) is 0 Å². The summed E-state index contributed by atoms with van der Waals surface area (Å²) in [6.45, 7) is 5.79. The fourth-order valence-corrected chi connectivity index (χ4v) is 5.37. The molecule has 1 aliphatic heterocycles. The van der Waals surface area contributed by atoms with Gasteiger partial charge < -0.3 is 10.5 Å². The Kier molecular flexibility index (Phi) is 5.94. The second kappa shape index (κ2) is 8.94. The predicted molar refractivity (Wildman–Crippen MR) is 135 cm³/mol. The van der Waals surface area contributed by atoms with E-state index in [0.29, 0.717) is 35.0 Å². The van der Waals surface area contributed by atoms with Crippen LogP contribution >= 0.6 is 0 Å². The van der Waals surface area contributed by atoms with Crippen molar-refractivity contribution in [3.05, 3.63) is 57.5 Å². The molecule has 5 rings (SSSR count). The number of fused-ring (bicyclic) bond motifs is 1. The van der Waals surface area contributed by atoms with E-state index >= 15 is 0 Å². The molecule has 2 aliphatic rings. The smallest absolute Gasteiger partial charge is 0.361 e. The molecule has 0 bridgehead atoms. The third-order valence-electron chi connectivity index (χ3n) is 7.30. The van der Waals surface area contributed by atoms with Crippen molar-refractivity contribution in [1.82, 2.24) is 24.7 Å². The lowest BCUT2D eigenvalue weighted by Crippen LogP contribution is -2.41. The maximum absolute atomic E-state index is 11.4. The zero-order chi connectivity index (χ0) is 24.7. The van der Waals surface area contributed by atoms with Crippen molar-refractivity contribution < 1.29 is 4.74 Å². The minimum absolute atomic E-state index is 0.264. The first-order valence-corrected chi connectivity index (χ1v) is 12.3. The van der Waals surface area contributed by atoms with Gasteiger partial charge in [-0.15, -0.1) is 0 Å². The number of ether oxygens (including phenoxy) is 1. The van der Waals surface area contributed by atoms with Gasteiger partial charge in [-0.2, -0.15) is 9.97 Å². The van der Waals surface area contributed by atoms with Crippen molar-refractivity contribution in [3.8, 4) is 5.88 Å². The molecule has 9 nitrogen and oxygen atoms in total. The molecule has 1 fully saturated rings. The van der Waals surface area contributed by atoms with Crippen LogP contribution in [-0.2, 0) is 13.5 Å². The van der Waals surface area contributed by atoms with E-state index in [1.54, 1.807) is 11.6 Å². The van der Waals surface area contributed by atoms with E-state index in [2.05, 4.69) is 44.3 Å². The number of benzene rings is 1. The van der Waals surface area contributed by atoms with E-state index in [4.69, 9.17) is 15.5 Å². The Morgan fingerprint density at radius 2 is 1.83 bits per heavy atom. The predicted octanol–water partition coefficient (Wildman–Crippen LogP) is 3.99. The SMILES string of the molecule is Cc1nc(N)c2c(n1)OC(C)(C)C(c1ccc([C@H]3CC[C@H](CCc4nc(=O)[nH]n4C)CC3)cc1)=N2. The molecule has 1 aromatic carbocycles. The van der Waals surface area contributed by atoms with Gasteiger partial charge in [0.2, 0.25) is 5.88 Å². The van der Waals surface area contributed by atoms with Gasteiger partial charge in [0.15, 0.2) is 11.5 Å². The summed E-state index contributed by atoms with van der Waals surface area (Å²) in [6.07, 6.45) is 6.69. The number of aliphatic imine (C=N–C) groups is 1. The highest BCUT2D eigenvalue weighted by Gasteiger charge is 2.35. The molecule has 3 N–H and O–H groups in total. The van der Waals surface area contributed by atoms with Crippen LogP contribution in [0.2, 0.25) is 0 Å². The number of nitrogens with two attached hydrogens (primary N) is 1. The molecule has 2 aromatic heterocycles. The summed E-state index contributed by atoms with van der Waals surface area (Å²) < 4.78 is 7.92. The molecule has 3 heterocycles. The Morgan fingerprint density at radius 1 is 1.11 bits per heavy atom. The van der Waals surface area contributed by atoms with E-state index in [9.17, 15) is 4.79 Å². The number of aromatic nitrogens is 5. The zero-order valence-corrected chi connectivity index (χ0v) is 20.8. The number of hydrogen-bond acceptors (Lipinski definition) is 7. The molecule has 184 valence electrons. The van der Waals surface area contributed by atoms with E-state index in [-0.39, 0.29) is 5.69 Å². The van der Waals surface area contributed by atoms with E-state index in [0.717, 1.165) is 29.9 Å². The average Bonchev–Trinajstić information content (AvgIpc) is 3.14. The van der Waals surface area contributed by atoms with Crippen LogP contribution in [0.5, 0.6) is 5.88 Å². The summed E-state index contributed by atoms with van der Waals surface area (Å²) in [5.74, 6) is 3.44. The van der Waals surface area contributed by atoms with Gasteiger partial charge in [-0.25, -0.2) is 19.9 Å². The fraction of sp³-hybridized carbons (Fsp3) is 0.500. The van der Waals surface area contributed by atoms with Gasteiger partial charge in [-0.05, 0) is 70.3 Å². The number of aromatic amines is 1. The van der Waals surface area contributed by atoms with Crippen LogP contribution in [0.1, 0.15) is 74.6 Å². The Bertz CT molecular complexity index is 1310. The molecular formula is C26H33N7O2. The minimum atomic E-state index is -0.627. The molecule has 1 saturated carbocycles. The number of rotatable bonds is 5. The number of H-pyrrole nitrogens is 1. The molecule has 9 heteroatoms. The highest BCUT2D eigenvalue weighted by molar-refractivity contribution is 6.09. The average molecular weight is 476 g/mol. The summed E-state index contributed by atoms with van der Waals surface area (Å²) in [4.78, 5) is 28.9. The third kappa shape index (κ3) is 4.72. The first-order chi connectivity index (χ1) is 16.7. The van der Waals surface area contributed by atoms with Crippen molar-refractivity contribution in [2.24, 2.45) is 18.0 Å². The van der Waals surface area contributed by atoms with Crippen LogP contribution in [0.15, 0.2) is 34.1 Å². The lowest BCUT2D eigenvalue weighted by molar-refractivity contribution is 0.171. The summed E-state index contributed by atoms with van der Waals surface area (Å²) in [6, 6.07) is 8.73. The van der Waals surface area contributed by atoms with Gasteiger partial charge in [0.1, 0.15) is 17.2 Å². The summed E-state index contributed by atoms with van der Waals surface area (Å²) >= 11 is 0. The van der Waals surface area contributed by atoms with E-state index < -0.39 is 5.60 Å². The summed E-state index contributed by atoms with van der Waals surface area (Å²) in [5.41, 5.74) is 8.93. The van der Waals surface area contributed by atoms with Gasteiger partial charge >= 0.3 is 5.69 Å². The van der Waals surface area contributed by atoms with Crippen LogP contribution in [0.4, 0.5) is 11.5 Å². The Labute approximate surface area is 204 Å². The number of aryl methyl sites for hydroxylation is 3. The molecule has 35 heavy (non-hydrogen) atoms. The third-order valence-corrected chi connectivity index (χ3v) is 7.30. The van der Waals surface area contributed by atoms with Gasteiger partial charge in [0.05, 0.1) is 5.71 Å². The topological polar surface area (TPSA) is 124 Å². The number of nitrogen functional groups attached to an aromatic ring is 1. The molecule has 0 saturated heterocycles. The molecule has 0 atom stereocenters. The van der Waals surface area contributed by atoms with Crippen LogP contribution in [0, 0.1) is 12.8 Å². The standard InChI is InChI=1S/C26H33N7O2/c1-15-28-23(27)21-24(29-15)35-26(2,3)22(31-21)19-12-10-18(11-13-19)17-8-5-16(6-9-17)7-14-20-30-25(34)32-33(20)4/h10-13,16-17H,5-9,14H2,1-4H3,(H,32,34)(H2,27,28,29)/t16-,17-. The normalized spacial score (nSPS) is 21.2. The highest BCUT2D eigenvalue weighted by Crippen LogP contribution is 2.40. The number of nitrogens with zero attached hydrogens (tertiary/aromatic N) is 5. The fourth-order valence-electron chi connectivity index (χ4n) is 5.37. The quantitative estimate of drug-likeness (QED) is 0.575. The van der Waals surface area contributed by atoms with Crippen molar-refractivity contribution in [2.45, 2.75) is 70.8 Å². The van der Waals surface area contributed by atoms with Crippen LogP contribution in [-0.4, -0.2) is 36.0 Å². The molecule has 0 amide bonds. The van der Waals surface area contributed by atoms with Gasteiger partial charge in [0.25, 0.3) is 0 Å². The van der Waals surface area contributed by atoms with E-state index in [1.165, 1.54) is 31.2 Å². The lowest BCUT2D eigenvalue weighted by Gasteiger charge is -2.32. The van der Waals surface area contributed by atoms with Crippen molar-refractivity contribution in [2.75, 3.05) is 5.73 Å². The van der Waals surface area contributed by atoms with Gasteiger partial charge in [-0.1, -0.05) is 24.3 Å². The first kappa shape index (κ1) is 23.3. The maximum Gasteiger partial charge on any atom is 0.361 e. The van der Waals surface area contributed by atoms with Crippen molar-refractivity contribution in [1.29, 1.82) is 0 Å².